The Morgan fingerprint density at radius 3 is 1.78 bits per heavy atom. The zero-order valence-electron chi connectivity index (χ0n) is 26.7. The predicted molar refractivity (Wildman–Crippen MR) is 207 cm³/mol. The summed E-state index contributed by atoms with van der Waals surface area (Å²) in [7, 11) is 0. The van der Waals surface area contributed by atoms with Crippen molar-refractivity contribution in [2.75, 3.05) is 0 Å². The topological polar surface area (TPSA) is 56.5 Å². The molecule has 0 fully saturated rings. The highest BCUT2D eigenvalue weighted by Gasteiger charge is 2.21. The third kappa shape index (κ3) is 4.69. The van der Waals surface area contributed by atoms with Gasteiger partial charge in [0, 0.05) is 61.0 Å². The molecule has 0 N–H and O–H groups in total. The highest BCUT2D eigenvalue weighted by atomic mass is 32.1. The van der Waals surface area contributed by atoms with Gasteiger partial charge < -0.3 is 4.57 Å². The summed E-state index contributed by atoms with van der Waals surface area (Å²) in [4.78, 5) is 19.8. The maximum absolute atomic E-state index is 5.17. The van der Waals surface area contributed by atoms with Crippen LogP contribution in [0.3, 0.4) is 0 Å². The minimum atomic E-state index is 0.635. The van der Waals surface area contributed by atoms with Gasteiger partial charge in [0.25, 0.3) is 0 Å². The SMILES string of the molecule is c1ccc(-c2ccc3c(c2)c2ccccc2n3-c2cc(-c3nc(-c4ccccc4)nc(-c4ccccc4)n3)c3sc4cnccc4c3c2)cc1. The Balaban J connectivity index is 1.28. The minimum absolute atomic E-state index is 0.635. The quantitative estimate of drug-likeness (QED) is 0.185. The predicted octanol–water partition coefficient (Wildman–Crippen LogP) is 11.4. The average molecular weight is 658 g/mol. The Morgan fingerprint density at radius 1 is 0.440 bits per heavy atom. The molecule has 0 atom stereocenters. The number of thiophene rings is 1. The van der Waals surface area contributed by atoms with Crippen LogP contribution < -0.4 is 0 Å². The lowest BCUT2D eigenvalue weighted by atomic mass is 10.0. The number of aromatic nitrogens is 5. The summed E-state index contributed by atoms with van der Waals surface area (Å²) >= 11 is 1.73. The molecule has 0 aliphatic heterocycles. The van der Waals surface area contributed by atoms with E-state index < -0.39 is 0 Å². The third-order valence-electron chi connectivity index (χ3n) is 9.34. The van der Waals surface area contributed by atoms with Crippen LogP contribution in [0.2, 0.25) is 0 Å². The molecule has 50 heavy (non-hydrogen) atoms. The molecule has 0 saturated heterocycles. The highest BCUT2D eigenvalue weighted by molar-refractivity contribution is 7.26. The molecule has 0 saturated carbocycles. The van der Waals surface area contributed by atoms with E-state index in [2.05, 4.69) is 101 Å². The van der Waals surface area contributed by atoms with Crippen LogP contribution >= 0.6 is 11.3 Å². The third-order valence-corrected chi connectivity index (χ3v) is 10.5. The van der Waals surface area contributed by atoms with Crippen LogP contribution in [0.15, 0.2) is 164 Å². The molecule has 0 aliphatic carbocycles. The van der Waals surface area contributed by atoms with Gasteiger partial charge in [-0.05, 0) is 47.5 Å². The molecule has 6 aromatic carbocycles. The van der Waals surface area contributed by atoms with Gasteiger partial charge in [0.1, 0.15) is 0 Å². The van der Waals surface area contributed by atoms with E-state index in [0.717, 1.165) is 53.6 Å². The molecule has 0 aliphatic rings. The molecule has 234 valence electrons. The molecule has 4 aromatic heterocycles. The lowest BCUT2D eigenvalue weighted by Crippen LogP contribution is -2.01. The smallest absolute Gasteiger partial charge is 0.165 e. The molecular weight excluding hydrogens is 631 g/mol. The van der Waals surface area contributed by atoms with Gasteiger partial charge in [-0.3, -0.25) is 4.98 Å². The summed E-state index contributed by atoms with van der Waals surface area (Å²) in [6.45, 7) is 0. The lowest BCUT2D eigenvalue weighted by Gasteiger charge is -2.13. The molecule has 0 amide bonds. The number of fused-ring (bicyclic) bond motifs is 6. The van der Waals surface area contributed by atoms with Gasteiger partial charge in [-0.1, -0.05) is 115 Å². The van der Waals surface area contributed by atoms with Gasteiger partial charge in [-0.2, -0.15) is 0 Å². The molecule has 6 heteroatoms. The first-order valence-electron chi connectivity index (χ1n) is 16.5. The van der Waals surface area contributed by atoms with Gasteiger partial charge in [0.05, 0.1) is 15.7 Å². The molecule has 10 rings (SSSR count). The molecule has 0 spiro atoms. The number of rotatable bonds is 5. The largest absolute Gasteiger partial charge is 0.309 e. The van der Waals surface area contributed by atoms with Crippen molar-refractivity contribution in [2.24, 2.45) is 0 Å². The summed E-state index contributed by atoms with van der Waals surface area (Å²) in [6, 6.07) is 53.0. The van der Waals surface area contributed by atoms with Crippen molar-refractivity contribution in [1.82, 2.24) is 24.5 Å². The summed E-state index contributed by atoms with van der Waals surface area (Å²) in [5.41, 5.74) is 8.57. The molecule has 10 aromatic rings. The molecule has 0 radical (unpaired) electrons. The zero-order chi connectivity index (χ0) is 33.0. The van der Waals surface area contributed by atoms with E-state index in [1.807, 2.05) is 73.1 Å². The van der Waals surface area contributed by atoms with Gasteiger partial charge in [-0.15, -0.1) is 11.3 Å². The van der Waals surface area contributed by atoms with E-state index in [9.17, 15) is 0 Å². The van der Waals surface area contributed by atoms with Crippen molar-refractivity contribution in [2.45, 2.75) is 0 Å². The number of nitrogens with zero attached hydrogens (tertiary/aromatic N) is 5. The number of hydrogen-bond donors (Lipinski definition) is 0. The van der Waals surface area contributed by atoms with Gasteiger partial charge in [0.2, 0.25) is 0 Å². The maximum atomic E-state index is 5.17. The first-order valence-corrected chi connectivity index (χ1v) is 17.4. The van der Waals surface area contributed by atoms with Crippen LogP contribution in [0.25, 0.3) is 93.0 Å². The van der Waals surface area contributed by atoms with Crippen LogP contribution in [0, 0.1) is 0 Å². The van der Waals surface area contributed by atoms with Crippen molar-refractivity contribution in [3.05, 3.63) is 164 Å². The van der Waals surface area contributed by atoms with Crippen molar-refractivity contribution in [1.29, 1.82) is 0 Å². The first kappa shape index (κ1) is 28.5. The fourth-order valence-corrected chi connectivity index (χ4v) is 8.16. The Labute approximate surface area is 291 Å². The Bertz CT molecular complexity index is 2800. The number of pyridine rings is 1. The van der Waals surface area contributed by atoms with E-state index in [4.69, 9.17) is 15.0 Å². The standard InChI is InChI=1S/C44H27N5S/c1-4-12-28(13-5-1)31-20-21-39-35(24-31)33-18-10-11-19-38(33)49(39)32-25-36-34-22-23-45-27-40(34)50-41(36)37(26-32)44-47-42(29-14-6-2-7-15-29)46-43(48-44)30-16-8-3-9-17-30/h1-27H. The maximum Gasteiger partial charge on any atom is 0.165 e. The molecule has 4 heterocycles. The summed E-state index contributed by atoms with van der Waals surface area (Å²) < 4.78 is 4.62. The van der Waals surface area contributed by atoms with Crippen LogP contribution in [-0.2, 0) is 0 Å². The minimum Gasteiger partial charge on any atom is -0.309 e. The summed E-state index contributed by atoms with van der Waals surface area (Å²) in [5, 5.41) is 4.73. The summed E-state index contributed by atoms with van der Waals surface area (Å²) in [5.74, 6) is 1.92. The molecule has 5 nitrogen and oxygen atoms in total. The van der Waals surface area contributed by atoms with E-state index in [1.165, 1.54) is 21.9 Å². The Kier molecular flexibility index (Phi) is 6.60. The van der Waals surface area contributed by atoms with Crippen LogP contribution in [0.4, 0.5) is 0 Å². The fraction of sp³-hybridized carbons (Fsp3) is 0. The molecule has 0 unspecified atom stereocenters. The van der Waals surface area contributed by atoms with Crippen molar-refractivity contribution < 1.29 is 0 Å². The number of para-hydroxylation sites is 1. The van der Waals surface area contributed by atoms with Crippen molar-refractivity contribution in [3.63, 3.8) is 0 Å². The first-order chi connectivity index (χ1) is 24.8. The van der Waals surface area contributed by atoms with Crippen LogP contribution in [0.5, 0.6) is 0 Å². The van der Waals surface area contributed by atoms with E-state index in [0.29, 0.717) is 17.5 Å². The zero-order valence-corrected chi connectivity index (χ0v) is 27.5. The fourth-order valence-electron chi connectivity index (χ4n) is 7.00. The molecule has 0 bridgehead atoms. The normalized spacial score (nSPS) is 11.6. The average Bonchev–Trinajstić information content (AvgIpc) is 3.74. The number of hydrogen-bond acceptors (Lipinski definition) is 5. The second-order valence-corrected chi connectivity index (χ2v) is 13.4. The van der Waals surface area contributed by atoms with E-state index >= 15 is 0 Å². The van der Waals surface area contributed by atoms with E-state index in [1.54, 1.807) is 11.3 Å². The van der Waals surface area contributed by atoms with E-state index in [-0.39, 0.29) is 0 Å². The second-order valence-electron chi connectivity index (χ2n) is 12.3. The van der Waals surface area contributed by atoms with Crippen molar-refractivity contribution >= 4 is 53.3 Å². The number of benzene rings is 6. The van der Waals surface area contributed by atoms with Gasteiger partial charge in [0.15, 0.2) is 17.5 Å². The second kappa shape index (κ2) is 11.6. The Morgan fingerprint density at radius 2 is 1.06 bits per heavy atom. The molecular formula is C44H27N5S. The highest BCUT2D eigenvalue weighted by Crippen LogP contribution is 2.43. The summed E-state index contributed by atoms with van der Waals surface area (Å²) in [6.07, 6.45) is 3.82. The van der Waals surface area contributed by atoms with Crippen molar-refractivity contribution in [3.8, 4) is 51.0 Å². The Hall–Kier alpha value is -6.50. The lowest BCUT2D eigenvalue weighted by molar-refractivity contribution is 1.07. The van der Waals surface area contributed by atoms with Crippen LogP contribution in [0.1, 0.15) is 0 Å². The monoisotopic (exact) mass is 657 g/mol. The van der Waals surface area contributed by atoms with Gasteiger partial charge in [-0.25, -0.2) is 15.0 Å². The van der Waals surface area contributed by atoms with Gasteiger partial charge >= 0.3 is 0 Å². The van der Waals surface area contributed by atoms with Crippen LogP contribution in [-0.4, -0.2) is 24.5 Å².